The van der Waals surface area contributed by atoms with Gasteiger partial charge in [0, 0.05) is 19.3 Å². The molecule has 0 saturated heterocycles. The minimum absolute atomic E-state index is 0.166. The lowest BCUT2D eigenvalue weighted by molar-refractivity contribution is -0.387. The highest BCUT2D eigenvalue weighted by Crippen LogP contribution is 2.34. The topological polar surface area (TPSA) is 101 Å². The highest BCUT2D eigenvalue weighted by molar-refractivity contribution is 7.90. The van der Waals surface area contributed by atoms with E-state index >= 15 is 0 Å². The van der Waals surface area contributed by atoms with Gasteiger partial charge in [0.2, 0.25) is 0 Å². The van der Waals surface area contributed by atoms with Gasteiger partial charge in [0.15, 0.2) is 9.84 Å². The van der Waals surface area contributed by atoms with Crippen LogP contribution in [0.4, 0.5) is 11.4 Å². The summed E-state index contributed by atoms with van der Waals surface area (Å²) in [6.07, 6.45) is 1.66. The zero-order valence-corrected chi connectivity index (χ0v) is 12.3. The number of anilines is 1. The third-order valence-electron chi connectivity index (χ3n) is 2.76. The number of sulfone groups is 1. The lowest BCUT2D eigenvalue weighted by Gasteiger charge is -2.23. The molecule has 0 spiro atoms. The van der Waals surface area contributed by atoms with E-state index in [4.69, 9.17) is 5.11 Å². The van der Waals surface area contributed by atoms with E-state index in [1.165, 1.54) is 18.2 Å². The third kappa shape index (κ3) is 3.67. The van der Waals surface area contributed by atoms with Crippen LogP contribution >= 0.6 is 0 Å². The molecule has 0 saturated carbocycles. The van der Waals surface area contributed by atoms with Gasteiger partial charge in [-0.25, -0.2) is 8.42 Å². The number of aliphatic hydroxyl groups excluding tert-OH is 1. The summed E-state index contributed by atoms with van der Waals surface area (Å²) in [6, 6.07) is 4.19. The molecule has 20 heavy (non-hydrogen) atoms. The molecule has 0 heterocycles. The molecule has 0 aliphatic heterocycles. The fraction of sp³-hybridized carbons (Fsp3) is 0.500. The number of benzene rings is 1. The normalized spacial score (nSPS) is 11.3. The van der Waals surface area contributed by atoms with Crippen LogP contribution in [0.5, 0.6) is 0 Å². The van der Waals surface area contributed by atoms with Crippen LogP contribution in [-0.2, 0) is 9.84 Å². The lowest BCUT2D eigenvalue weighted by Crippen LogP contribution is -2.28. The fourth-order valence-corrected chi connectivity index (χ4v) is 2.85. The van der Waals surface area contributed by atoms with E-state index in [-0.39, 0.29) is 23.7 Å². The number of rotatable bonds is 7. The first-order chi connectivity index (χ1) is 9.32. The van der Waals surface area contributed by atoms with Gasteiger partial charge in [-0.3, -0.25) is 10.1 Å². The summed E-state index contributed by atoms with van der Waals surface area (Å²) in [7, 11) is -3.70. The SMILES string of the molecule is CCCN(CCO)c1cccc(S(C)(=O)=O)c1[N+](=O)[O-]. The smallest absolute Gasteiger partial charge is 0.311 e. The Morgan fingerprint density at radius 2 is 2.00 bits per heavy atom. The van der Waals surface area contributed by atoms with Gasteiger partial charge in [0.1, 0.15) is 10.6 Å². The van der Waals surface area contributed by atoms with Gasteiger partial charge in [0.25, 0.3) is 0 Å². The number of aliphatic hydroxyl groups is 1. The van der Waals surface area contributed by atoms with Gasteiger partial charge < -0.3 is 10.0 Å². The van der Waals surface area contributed by atoms with Gasteiger partial charge >= 0.3 is 5.69 Å². The van der Waals surface area contributed by atoms with E-state index < -0.39 is 20.4 Å². The van der Waals surface area contributed by atoms with Crippen LogP contribution < -0.4 is 4.90 Å². The highest BCUT2D eigenvalue weighted by atomic mass is 32.2. The molecule has 0 amide bonds. The molecule has 8 heteroatoms. The van der Waals surface area contributed by atoms with E-state index in [1.807, 2.05) is 6.92 Å². The first kappa shape index (κ1) is 16.4. The predicted octanol–water partition coefficient (Wildman–Crippen LogP) is 1.21. The van der Waals surface area contributed by atoms with Gasteiger partial charge in [-0.05, 0) is 18.6 Å². The summed E-state index contributed by atoms with van der Waals surface area (Å²) < 4.78 is 23.4. The van der Waals surface area contributed by atoms with Crippen LogP contribution in [-0.4, -0.2) is 44.4 Å². The Bertz CT molecular complexity index is 580. The standard InChI is InChI=1S/C12H18N2O5S/c1-3-7-13(8-9-15)10-5-4-6-11(20(2,18)19)12(10)14(16)17/h4-6,15H,3,7-9H2,1-2H3. The number of hydrogen-bond acceptors (Lipinski definition) is 6. The Hall–Kier alpha value is -1.67. The molecule has 0 aromatic heterocycles. The number of nitro benzene ring substituents is 1. The molecule has 1 aromatic rings. The molecule has 0 radical (unpaired) electrons. The van der Waals surface area contributed by atoms with E-state index in [9.17, 15) is 18.5 Å². The molecule has 7 nitrogen and oxygen atoms in total. The molecule has 1 rings (SSSR count). The number of para-hydroxylation sites is 1. The summed E-state index contributed by atoms with van der Waals surface area (Å²) in [5.41, 5.74) is -0.217. The van der Waals surface area contributed by atoms with Gasteiger partial charge in [-0.2, -0.15) is 0 Å². The minimum Gasteiger partial charge on any atom is -0.395 e. The predicted molar refractivity (Wildman–Crippen MR) is 75.8 cm³/mol. The zero-order chi connectivity index (χ0) is 15.3. The first-order valence-electron chi connectivity index (χ1n) is 6.16. The summed E-state index contributed by atoms with van der Waals surface area (Å²) in [4.78, 5) is 11.9. The molecule has 0 unspecified atom stereocenters. The highest BCUT2D eigenvalue weighted by Gasteiger charge is 2.28. The van der Waals surface area contributed by atoms with Crippen LogP contribution in [0.25, 0.3) is 0 Å². The average molecular weight is 302 g/mol. The maximum absolute atomic E-state index is 11.7. The molecule has 112 valence electrons. The van der Waals surface area contributed by atoms with E-state index in [0.717, 1.165) is 12.7 Å². The van der Waals surface area contributed by atoms with E-state index in [1.54, 1.807) is 4.90 Å². The molecule has 1 N–H and O–H groups in total. The summed E-state index contributed by atoms with van der Waals surface area (Å²) in [5.74, 6) is 0. The summed E-state index contributed by atoms with van der Waals surface area (Å²) in [5, 5.41) is 20.3. The Morgan fingerprint density at radius 3 is 2.45 bits per heavy atom. The summed E-state index contributed by atoms with van der Waals surface area (Å²) >= 11 is 0. The number of hydrogen-bond donors (Lipinski definition) is 1. The van der Waals surface area contributed by atoms with Crippen LogP contribution in [0.2, 0.25) is 0 Å². The molecular formula is C12H18N2O5S. The maximum Gasteiger partial charge on any atom is 0.311 e. The fourth-order valence-electron chi connectivity index (χ4n) is 1.99. The Morgan fingerprint density at radius 1 is 1.35 bits per heavy atom. The Labute approximate surface area is 117 Å². The van der Waals surface area contributed by atoms with E-state index in [0.29, 0.717) is 6.54 Å². The van der Waals surface area contributed by atoms with Crippen molar-refractivity contribution < 1.29 is 18.4 Å². The largest absolute Gasteiger partial charge is 0.395 e. The first-order valence-corrected chi connectivity index (χ1v) is 8.05. The van der Waals surface area contributed by atoms with Crippen molar-refractivity contribution in [2.45, 2.75) is 18.2 Å². The molecule has 0 aliphatic rings. The second-order valence-corrected chi connectivity index (χ2v) is 6.35. The lowest BCUT2D eigenvalue weighted by atomic mass is 10.2. The Balaban J connectivity index is 3.49. The second-order valence-electron chi connectivity index (χ2n) is 4.36. The van der Waals surface area contributed by atoms with Crippen molar-refractivity contribution in [2.24, 2.45) is 0 Å². The van der Waals surface area contributed by atoms with Crippen molar-refractivity contribution in [2.75, 3.05) is 30.9 Å². The van der Waals surface area contributed by atoms with Crippen molar-refractivity contribution in [3.8, 4) is 0 Å². The molecule has 0 bridgehead atoms. The van der Waals surface area contributed by atoms with Crippen LogP contribution in [0.15, 0.2) is 23.1 Å². The third-order valence-corrected chi connectivity index (χ3v) is 3.89. The average Bonchev–Trinajstić information content (AvgIpc) is 2.36. The van der Waals surface area contributed by atoms with Crippen LogP contribution in [0, 0.1) is 10.1 Å². The zero-order valence-electron chi connectivity index (χ0n) is 11.4. The van der Waals surface area contributed by atoms with Crippen molar-refractivity contribution in [1.82, 2.24) is 0 Å². The van der Waals surface area contributed by atoms with Gasteiger partial charge in [-0.1, -0.05) is 13.0 Å². The van der Waals surface area contributed by atoms with Crippen molar-refractivity contribution in [3.05, 3.63) is 28.3 Å². The number of nitro groups is 1. The monoisotopic (exact) mass is 302 g/mol. The summed E-state index contributed by atoms with van der Waals surface area (Å²) in [6.45, 7) is 2.44. The van der Waals surface area contributed by atoms with E-state index in [2.05, 4.69) is 0 Å². The Kier molecular flexibility index (Phi) is 5.46. The minimum atomic E-state index is -3.70. The van der Waals surface area contributed by atoms with Crippen LogP contribution in [0.3, 0.4) is 0 Å². The molecule has 0 fully saturated rings. The number of nitrogens with zero attached hydrogens (tertiary/aromatic N) is 2. The maximum atomic E-state index is 11.7. The van der Waals surface area contributed by atoms with Crippen molar-refractivity contribution >= 4 is 21.2 Å². The van der Waals surface area contributed by atoms with Crippen molar-refractivity contribution in [1.29, 1.82) is 0 Å². The van der Waals surface area contributed by atoms with Gasteiger partial charge in [-0.15, -0.1) is 0 Å². The van der Waals surface area contributed by atoms with Gasteiger partial charge in [0.05, 0.1) is 11.5 Å². The molecule has 0 atom stereocenters. The van der Waals surface area contributed by atoms with Crippen molar-refractivity contribution in [3.63, 3.8) is 0 Å². The quantitative estimate of drug-likeness (QED) is 0.600. The van der Waals surface area contributed by atoms with Crippen LogP contribution in [0.1, 0.15) is 13.3 Å². The second kappa shape index (κ2) is 6.67. The molecule has 0 aliphatic carbocycles. The molecular weight excluding hydrogens is 284 g/mol. The molecule has 1 aromatic carbocycles.